The number of hydrogen-bond donors (Lipinski definition) is 0. The summed E-state index contributed by atoms with van der Waals surface area (Å²) in [4.78, 5) is 0. The maximum atomic E-state index is 2.44. The van der Waals surface area contributed by atoms with E-state index in [-0.39, 0.29) is 0 Å². The van der Waals surface area contributed by atoms with E-state index in [1.807, 2.05) is 0 Å². The van der Waals surface area contributed by atoms with Crippen molar-refractivity contribution in [3.63, 3.8) is 0 Å². The minimum atomic E-state index is 1.17. The predicted molar refractivity (Wildman–Crippen MR) is 254 cm³/mol. The second kappa shape index (κ2) is 12.8. The zero-order valence-electron chi connectivity index (χ0n) is 32.7. The molecule has 2 nitrogen and oxygen atoms in total. The quantitative estimate of drug-likeness (QED) is 0.149. The van der Waals surface area contributed by atoms with Crippen LogP contribution in [-0.2, 0) is 0 Å². The van der Waals surface area contributed by atoms with Gasteiger partial charge in [-0.3, -0.25) is 0 Å². The van der Waals surface area contributed by atoms with Crippen molar-refractivity contribution in [1.29, 1.82) is 0 Å². The molecule has 60 heavy (non-hydrogen) atoms. The van der Waals surface area contributed by atoms with Gasteiger partial charge < -0.3 is 9.13 Å². The third kappa shape index (κ3) is 4.95. The highest BCUT2D eigenvalue weighted by atomic mass is 15.0. The van der Waals surface area contributed by atoms with Crippen LogP contribution in [0.2, 0.25) is 0 Å². The molecule has 13 rings (SSSR count). The topological polar surface area (TPSA) is 9.86 Å². The van der Waals surface area contributed by atoms with Crippen LogP contribution >= 0.6 is 0 Å². The molecule has 0 amide bonds. The number of benzene rings is 11. The summed E-state index contributed by atoms with van der Waals surface area (Å²) in [5.41, 5.74) is 16.8. The first-order chi connectivity index (χ1) is 29.7. The lowest BCUT2D eigenvalue weighted by atomic mass is 9.90. The number of hydrogen-bond acceptors (Lipinski definition) is 0. The number of para-hydroxylation sites is 2. The van der Waals surface area contributed by atoms with Crippen LogP contribution in [0.25, 0.3) is 121 Å². The molecule has 0 atom stereocenters. The van der Waals surface area contributed by atoms with Gasteiger partial charge in [-0.05, 0) is 151 Å². The van der Waals surface area contributed by atoms with Gasteiger partial charge in [-0.25, -0.2) is 0 Å². The van der Waals surface area contributed by atoms with Gasteiger partial charge in [-0.2, -0.15) is 0 Å². The second-order valence-corrected chi connectivity index (χ2v) is 16.2. The van der Waals surface area contributed by atoms with E-state index < -0.39 is 0 Å². The number of rotatable bonds is 6. The fourth-order valence-electron chi connectivity index (χ4n) is 10.1. The minimum absolute atomic E-state index is 1.17. The Bertz CT molecular complexity index is 3740. The summed E-state index contributed by atoms with van der Waals surface area (Å²) in [6.07, 6.45) is 0. The third-order valence-corrected chi connectivity index (χ3v) is 12.7. The van der Waals surface area contributed by atoms with E-state index in [1.165, 1.54) is 121 Å². The van der Waals surface area contributed by atoms with Gasteiger partial charge >= 0.3 is 0 Å². The molecule has 0 radical (unpaired) electrons. The van der Waals surface area contributed by atoms with Crippen molar-refractivity contribution in [1.82, 2.24) is 9.13 Å². The van der Waals surface area contributed by atoms with Crippen molar-refractivity contribution in [3.05, 3.63) is 218 Å². The lowest BCUT2D eigenvalue weighted by Crippen LogP contribution is -1.93. The molecule has 0 aliphatic rings. The molecule has 0 saturated carbocycles. The Labute approximate surface area is 347 Å². The second-order valence-electron chi connectivity index (χ2n) is 16.2. The van der Waals surface area contributed by atoms with E-state index in [1.54, 1.807) is 0 Å². The van der Waals surface area contributed by atoms with Gasteiger partial charge in [0.1, 0.15) is 0 Å². The molecule has 13 aromatic rings. The molecule has 0 spiro atoms. The highest BCUT2D eigenvalue weighted by Gasteiger charge is 2.20. The maximum Gasteiger partial charge on any atom is 0.0553 e. The van der Waals surface area contributed by atoms with Gasteiger partial charge in [0, 0.05) is 32.9 Å². The van der Waals surface area contributed by atoms with Gasteiger partial charge in [0.2, 0.25) is 0 Å². The largest absolute Gasteiger partial charge is 0.309 e. The smallest absolute Gasteiger partial charge is 0.0553 e. The molecule has 0 aliphatic carbocycles. The summed E-state index contributed by atoms with van der Waals surface area (Å²) in [6.45, 7) is 0. The Morgan fingerprint density at radius 1 is 0.200 bits per heavy atom. The Morgan fingerprint density at radius 3 is 1.07 bits per heavy atom. The average Bonchev–Trinajstić information content (AvgIpc) is 3.85. The average molecular weight is 761 g/mol. The van der Waals surface area contributed by atoms with Gasteiger partial charge in [-0.15, -0.1) is 0 Å². The summed E-state index contributed by atoms with van der Waals surface area (Å²) < 4.78 is 4.88. The van der Waals surface area contributed by atoms with E-state index in [0.717, 1.165) is 0 Å². The summed E-state index contributed by atoms with van der Waals surface area (Å²) >= 11 is 0. The van der Waals surface area contributed by atoms with Crippen LogP contribution in [0.5, 0.6) is 0 Å². The monoisotopic (exact) mass is 760 g/mol. The SMILES string of the molecule is c1ccc(-c2cc(-c3cccc(-c4cc5ccc6cccc7c6c5c(c4)n7-c4ccccc4)c3)cc(-c3cc4ccc5cccc6c5c4c(c3)n6-c3ccccc3)c2)cc1. The lowest BCUT2D eigenvalue weighted by molar-refractivity contribution is 1.18. The number of aromatic nitrogens is 2. The van der Waals surface area contributed by atoms with Crippen molar-refractivity contribution < 1.29 is 0 Å². The van der Waals surface area contributed by atoms with Crippen LogP contribution in [0.1, 0.15) is 0 Å². The van der Waals surface area contributed by atoms with E-state index in [2.05, 4.69) is 228 Å². The number of nitrogens with zero attached hydrogens (tertiary/aromatic N) is 2. The highest BCUT2D eigenvalue weighted by Crippen LogP contribution is 2.44. The molecule has 0 aliphatic heterocycles. The van der Waals surface area contributed by atoms with Crippen LogP contribution in [0.4, 0.5) is 0 Å². The highest BCUT2D eigenvalue weighted by molar-refractivity contribution is 6.26. The fraction of sp³-hybridized carbons (Fsp3) is 0. The molecule has 0 unspecified atom stereocenters. The normalized spacial score (nSPS) is 12.0. The van der Waals surface area contributed by atoms with E-state index in [4.69, 9.17) is 0 Å². The van der Waals surface area contributed by atoms with Crippen LogP contribution in [0.3, 0.4) is 0 Å². The molecule has 0 bridgehead atoms. The summed E-state index contributed by atoms with van der Waals surface area (Å²) in [5, 5.41) is 10.3. The van der Waals surface area contributed by atoms with Crippen molar-refractivity contribution in [2.24, 2.45) is 0 Å². The molecule has 278 valence electrons. The summed E-state index contributed by atoms with van der Waals surface area (Å²) in [7, 11) is 0. The Balaban J connectivity index is 1.01. The molecular formula is C58H36N2. The van der Waals surface area contributed by atoms with Crippen molar-refractivity contribution >= 4 is 65.2 Å². The van der Waals surface area contributed by atoms with E-state index in [0.29, 0.717) is 0 Å². The molecular weight excluding hydrogens is 725 g/mol. The maximum absolute atomic E-state index is 2.44. The van der Waals surface area contributed by atoms with Crippen molar-refractivity contribution in [3.8, 4) is 55.9 Å². The molecule has 2 heteroatoms. The zero-order valence-corrected chi connectivity index (χ0v) is 32.7. The van der Waals surface area contributed by atoms with E-state index >= 15 is 0 Å². The Hall–Kier alpha value is -7.94. The van der Waals surface area contributed by atoms with Crippen molar-refractivity contribution in [2.45, 2.75) is 0 Å². The van der Waals surface area contributed by atoms with Gasteiger partial charge in [0.15, 0.2) is 0 Å². The van der Waals surface area contributed by atoms with E-state index in [9.17, 15) is 0 Å². The van der Waals surface area contributed by atoms with Gasteiger partial charge in [-0.1, -0.05) is 133 Å². The zero-order chi connectivity index (χ0) is 39.3. The standard InChI is InChI=1S/C58H36N2/c1-4-13-37(14-5-1)44-32-45(34-46(33-44)48-31-43-28-26-39-16-12-24-52-56(39)58(43)54(36-48)60(52)50-21-8-3-9-22-50)40-17-10-18-41(29-40)47-30-42-27-25-38-15-11-23-51-55(38)57(42)53(35-47)59(51)49-19-6-2-7-20-49/h1-36H. The molecule has 11 aromatic carbocycles. The molecule has 0 fully saturated rings. The summed E-state index contributed by atoms with van der Waals surface area (Å²) in [6, 6.07) is 80.6. The van der Waals surface area contributed by atoms with Gasteiger partial charge in [0.25, 0.3) is 0 Å². The van der Waals surface area contributed by atoms with Gasteiger partial charge in [0.05, 0.1) is 22.1 Å². The fourth-order valence-corrected chi connectivity index (χ4v) is 10.1. The van der Waals surface area contributed by atoms with Crippen molar-refractivity contribution in [2.75, 3.05) is 0 Å². The molecule has 0 saturated heterocycles. The summed E-state index contributed by atoms with van der Waals surface area (Å²) in [5.74, 6) is 0. The Kier molecular flexibility index (Phi) is 7.05. The van der Waals surface area contributed by atoms with Crippen LogP contribution in [0.15, 0.2) is 218 Å². The first-order valence-electron chi connectivity index (χ1n) is 20.7. The predicted octanol–water partition coefficient (Wildman–Crippen LogP) is 15.7. The first kappa shape index (κ1) is 33.1. The molecule has 2 aromatic heterocycles. The van der Waals surface area contributed by atoms with Crippen LogP contribution in [-0.4, -0.2) is 9.13 Å². The molecule has 0 N–H and O–H groups in total. The van der Waals surface area contributed by atoms with Crippen LogP contribution < -0.4 is 0 Å². The minimum Gasteiger partial charge on any atom is -0.309 e. The Morgan fingerprint density at radius 2 is 0.550 bits per heavy atom. The molecule has 2 heterocycles. The first-order valence-corrected chi connectivity index (χ1v) is 20.7. The third-order valence-electron chi connectivity index (χ3n) is 12.7. The van der Waals surface area contributed by atoms with Crippen LogP contribution in [0, 0.1) is 0 Å². The lowest BCUT2D eigenvalue weighted by Gasteiger charge is -2.14.